The quantitative estimate of drug-likeness (QED) is 0.620. The third-order valence-electron chi connectivity index (χ3n) is 5.21. The first-order valence-corrected chi connectivity index (χ1v) is 10.5. The molecule has 1 saturated heterocycles. The smallest absolute Gasteiger partial charge is 0.378 e. The number of aromatic nitrogens is 2. The summed E-state index contributed by atoms with van der Waals surface area (Å²) in [5.41, 5.74) is 0.797. The van der Waals surface area contributed by atoms with Crippen LogP contribution in [0.4, 0.5) is 19.0 Å². The zero-order valence-electron chi connectivity index (χ0n) is 16.6. The predicted octanol–water partition coefficient (Wildman–Crippen LogP) is 4.48. The van der Waals surface area contributed by atoms with E-state index in [0.717, 1.165) is 10.3 Å². The fourth-order valence-corrected chi connectivity index (χ4v) is 4.17. The molecule has 1 fully saturated rings. The highest BCUT2D eigenvalue weighted by Gasteiger charge is 2.48. The van der Waals surface area contributed by atoms with Gasteiger partial charge in [0.1, 0.15) is 5.82 Å². The molecule has 0 aliphatic carbocycles. The molecule has 1 aromatic rings. The second kappa shape index (κ2) is 9.38. The Morgan fingerprint density at radius 2 is 2.07 bits per heavy atom. The lowest BCUT2D eigenvalue weighted by Gasteiger charge is -2.34. The number of rotatable bonds is 5. The molecule has 3 heterocycles. The maximum Gasteiger partial charge on any atom is 0.410 e. The van der Waals surface area contributed by atoms with E-state index in [0.29, 0.717) is 32.7 Å². The zero-order chi connectivity index (χ0) is 21.9. The molecule has 2 unspecified atom stereocenters. The van der Waals surface area contributed by atoms with E-state index >= 15 is 0 Å². The van der Waals surface area contributed by atoms with Crippen LogP contribution in [-0.2, 0) is 4.74 Å². The third kappa shape index (κ3) is 4.64. The van der Waals surface area contributed by atoms with Gasteiger partial charge >= 0.3 is 6.18 Å². The first kappa shape index (κ1) is 22.6. The van der Waals surface area contributed by atoms with E-state index in [4.69, 9.17) is 4.74 Å². The van der Waals surface area contributed by atoms with E-state index in [2.05, 4.69) is 32.9 Å². The van der Waals surface area contributed by atoms with Gasteiger partial charge in [-0.25, -0.2) is 4.68 Å². The minimum absolute atomic E-state index is 0.0251. The van der Waals surface area contributed by atoms with Crippen molar-refractivity contribution in [3.8, 4) is 0 Å². The Hall–Kier alpha value is -2.07. The van der Waals surface area contributed by atoms with Crippen LogP contribution in [0.5, 0.6) is 0 Å². The zero-order valence-corrected chi connectivity index (χ0v) is 18.2. The van der Waals surface area contributed by atoms with Crippen molar-refractivity contribution in [2.45, 2.75) is 38.0 Å². The number of nitrogens with zero attached hydrogens (tertiary/aromatic N) is 3. The molecule has 30 heavy (non-hydrogen) atoms. The van der Waals surface area contributed by atoms with Crippen LogP contribution in [0, 0.1) is 0 Å². The number of allylic oxidation sites excluding steroid dienone is 4. The van der Waals surface area contributed by atoms with E-state index in [1.165, 1.54) is 0 Å². The molecule has 2 atom stereocenters. The van der Waals surface area contributed by atoms with Gasteiger partial charge in [0.25, 0.3) is 5.91 Å². The molecule has 164 valence electrons. The molecule has 3 rings (SSSR count). The van der Waals surface area contributed by atoms with Crippen LogP contribution < -0.4 is 5.32 Å². The van der Waals surface area contributed by atoms with Gasteiger partial charge in [-0.15, -0.1) is 0 Å². The summed E-state index contributed by atoms with van der Waals surface area (Å²) in [5.74, 6) is -0.247. The number of hydrogen-bond donors (Lipinski definition) is 1. The van der Waals surface area contributed by atoms with Crippen molar-refractivity contribution in [3.63, 3.8) is 0 Å². The van der Waals surface area contributed by atoms with E-state index in [1.54, 1.807) is 29.2 Å². The molecule has 2 aliphatic rings. The summed E-state index contributed by atoms with van der Waals surface area (Å²) in [4.78, 5) is 14.4. The van der Waals surface area contributed by atoms with Gasteiger partial charge in [0, 0.05) is 19.5 Å². The average molecular weight is 489 g/mol. The Morgan fingerprint density at radius 1 is 1.37 bits per heavy atom. The largest absolute Gasteiger partial charge is 0.410 e. The lowest BCUT2D eigenvalue weighted by molar-refractivity contribution is -0.173. The Bertz CT molecular complexity index is 857. The molecular formula is C20H24BrF3N4O2. The average Bonchev–Trinajstić information content (AvgIpc) is 3.06. The number of ether oxygens (including phenoxy) is 1. The molecule has 2 aliphatic heterocycles. The number of hydrogen-bond acceptors (Lipinski definition) is 4. The molecule has 1 aromatic heterocycles. The van der Waals surface area contributed by atoms with Crippen LogP contribution in [0.3, 0.4) is 0 Å². The highest BCUT2D eigenvalue weighted by atomic mass is 79.9. The molecule has 0 radical (unpaired) electrons. The van der Waals surface area contributed by atoms with E-state index in [9.17, 15) is 18.0 Å². The summed E-state index contributed by atoms with van der Waals surface area (Å²) in [6.45, 7) is 7.04. The van der Waals surface area contributed by atoms with E-state index < -0.39 is 24.2 Å². The van der Waals surface area contributed by atoms with Crippen molar-refractivity contribution < 1.29 is 22.7 Å². The molecule has 0 saturated carbocycles. The normalized spacial score (nSPS) is 22.7. The number of carbonyl (C=O) groups excluding carboxylic acids is 1. The number of fused-ring (bicyclic) bond motifs is 1. The second-order valence-electron chi connectivity index (χ2n) is 7.07. The minimum atomic E-state index is -4.50. The summed E-state index contributed by atoms with van der Waals surface area (Å²) in [7, 11) is 0. The maximum absolute atomic E-state index is 13.9. The Morgan fingerprint density at radius 3 is 2.67 bits per heavy atom. The van der Waals surface area contributed by atoms with Gasteiger partial charge in [-0.1, -0.05) is 37.8 Å². The first-order valence-electron chi connectivity index (χ1n) is 9.74. The summed E-state index contributed by atoms with van der Waals surface area (Å²) in [6, 6.07) is -2.37. The van der Waals surface area contributed by atoms with Gasteiger partial charge in [0.2, 0.25) is 0 Å². The number of morpholine rings is 1. The number of anilines is 1. The first-order chi connectivity index (χ1) is 14.3. The van der Waals surface area contributed by atoms with Gasteiger partial charge in [-0.3, -0.25) is 4.79 Å². The minimum Gasteiger partial charge on any atom is -0.378 e. The van der Waals surface area contributed by atoms with E-state index in [1.807, 2.05) is 6.92 Å². The number of amides is 1. The van der Waals surface area contributed by atoms with Crippen molar-refractivity contribution in [3.05, 3.63) is 46.6 Å². The van der Waals surface area contributed by atoms with Crippen molar-refractivity contribution in [2.75, 3.05) is 31.6 Å². The molecule has 1 N–H and O–H groups in total. The maximum atomic E-state index is 13.9. The lowest BCUT2D eigenvalue weighted by atomic mass is 9.94. The van der Waals surface area contributed by atoms with Gasteiger partial charge < -0.3 is 15.0 Å². The van der Waals surface area contributed by atoms with Gasteiger partial charge in [0.05, 0.1) is 23.7 Å². The van der Waals surface area contributed by atoms with Crippen molar-refractivity contribution >= 4 is 27.7 Å². The molecule has 0 bridgehead atoms. The van der Waals surface area contributed by atoms with Crippen LogP contribution in [0.1, 0.15) is 36.3 Å². The summed E-state index contributed by atoms with van der Waals surface area (Å²) >= 11 is 3.32. The fourth-order valence-electron chi connectivity index (χ4n) is 3.62. The number of halogens is 4. The van der Waals surface area contributed by atoms with Crippen LogP contribution in [0.15, 0.2) is 40.9 Å². The van der Waals surface area contributed by atoms with Crippen LogP contribution in [0.25, 0.3) is 0 Å². The lowest BCUT2D eigenvalue weighted by Crippen LogP contribution is -2.41. The summed E-state index contributed by atoms with van der Waals surface area (Å²) in [6.07, 6.45) is 2.74. The third-order valence-corrected chi connectivity index (χ3v) is 5.96. The highest BCUT2D eigenvalue weighted by Crippen LogP contribution is 2.44. The van der Waals surface area contributed by atoms with Crippen molar-refractivity contribution in [2.24, 2.45) is 0 Å². The number of nitrogens with one attached hydrogen (secondary N) is 1. The van der Waals surface area contributed by atoms with Gasteiger partial charge in [-0.2, -0.15) is 18.3 Å². The van der Waals surface area contributed by atoms with E-state index in [-0.39, 0.29) is 22.4 Å². The molecule has 6 nitrogen and oxygen atoms in total. The summed E-state index contributed by atoms with van der Waals surface area (Å²) in [5, 5.41) is 7.23. The Kier molecular flexibility index (Phi) is 7.07. The van der Waals surface area contributed by atoms with Gasteiger partial charge in [0.15, 0.2) is 11.7 Å². The topological polar surface area (TPSA) is 59.4 Å². The van der Waals surface area contributed by atoms with Gasteiger partial charge in [-0.05, 0) is 27.9 Å². The second-order valence-corrected chi connectivity index (χ2v) is 7.86. The molecule has 0 spiro atoms. The molecule has 0 aromatic carbocycles. The van der Waals surface area contributed by atoms with Crippen LogP contribution in [0.2, 0.25) is 0 Å². The molecule has 10 heteroatoms. The Balaban J connectivity index is 1.99. The SMILES string of the molecule is C=C/C=C\C=C(/CC)C1CC(C(F)(F)F)n2nc(C(=O)N3CCOCC3)c(Br)c2N1. The standard InChI is InChI=1S/C20H24BrF3N4O2/c1-3-5-6-7-13(4-2)14-12-15(20(22,23)24)28-18(25-14)16(21)17(26-28)19(29)27-8-10-30-11-9-27/h3,5-7,14-15,25H,1,4,8-12H2,2H3/b6-5-,13-7+. The number of carbonyl (C=O) groups is 1. The van der Waals surface area contributed by atoms with Crippen molar-refractivity contribution in [1.29, 1.82) is 0 Å². The predicted molar refractivity (Wildman–Crippen MR) is 111 cm³/mol. The van der Waals surface area contributed by atoms with Crippen molar-refractivity contribution in [1.82, 2.24) is 14.7 Å². The number of alkyl halides is 3. The molecule has 1 amide bonds. The summed E-state index contributed by atoms with van der Waals surface area (Å²) < 4.78 is 48.1. The van der Waals surface area contributed by atoms with Crippen LogP contribution in [-0.4, -0.2) is 59.1 Å². The van der Waals surface area contributed by atoms with Crippen LogP contribution >= 0.6 is 15.9 Å². The Labute approximate surface area is 181 Å². The fraction of sp³-hybridized carbons (Fsp3) is 0.500. The highest BCUT2D eigenvalue weighted by molar-refractivity contribution is 9.10. The monoisotopic (exact) mass is 488 g/mol. The molecular weight excluding hydrogens is 465 g/mol.